The Morgan fingerprint density at radius 1 is 1.33 bits per heavy atom. The van der Waals surface area contributed by atoms with Crippen LogP contribution < -0.4 is 16.0 Å². The molecule has 2 atom stereocenters. The van der Waals surface area contributed by atoms with Crippen molar-refractivity contribution in [2.45, 2.75) is 46.6 Å². The summed E-state index contributed by atoms with van der Waals surface area (Å²) in [5.41, 5.74) is 0.0931. The SMILES string of the molecule is CCNC(=NCC1CCCOC1C(C)(C)C)NCCN1C(=O)CNC1=O.I. The normalized spacial score (nSPS) is 23.7. The summed E-state index contributed by atoms with van der Waals surface area (Å²) < 4.78 is 6.02. The van der Waals surface area contributed by atoms with Gasteiger partial charge in [0.25, 0.3) is 0 Å². The van der Waals surface area contributed by atoms with E-state index >= 15 is 0 Å². The Bertz CT molecular complexity index is 520. The highest BCUT2D eigenvalue weighted by molar-refractivity contribution is 14.0. The number of carbonyl (C=O) groups is 2. The number of guanidine groups is 1. The molecule has 2 aliphatic heterocycles. The number of urea groups is 1. The molecule has 0 aromatic heterocycles. The summed E-state index contributed by atoms with van der Waals surface area (Å²) in [6, 6.07) is -0.328. The monoisotopic (exact) mass is 495 g/mol. The molecule has 2 saturated heterocycles. The van der Waals surface area contributed by atoms with Gasteiger partial charge in [-0.2, -0.15) is 0 Å². The van der Waals surface area contributed by atoms with Crippen LogP contribution in [0.5, 0.6) is 0 Å². The summed E-state index contributed by atoms with van der Waals surface area (Å²) in [6.45, 7) is 11.8. The fourth-order valence-corrected chi connectivity index (χ4v) is 3.51. The standard InChI is InChI=1S/C18H33N5O3.HI/c1-5-19-16(20-8-9-23-14(24)12-22-17(23)25)21-11-13-7-6-10-26-15(13)18(2,3)4;/h13,15H,5-12H2,1-4H3,(H,22,25)(H2,19,20,21);1H. The third-order valence-electron chi connectivity index (χ3n) is 4.69. The maximum atomic E-state index is 11.6. The smallest absolute Gasteiger partial charge is 0.324 e. The Morgan fingerprint density at radius 2 is 2.07 bits per heavy atom. The molecule has 2 rings (SSSR count). The van der Waals surface area contributed by atoms with Gasteiger partial charge < -0.3 is 20.7 Å². The lowest BCUT2D eigenvalue weighted by Gasteiger charge is -2.39. The second-order valence-corrected chi connectivity index (χ2v) is 7.91. The van der Waals surface area contributed by atoms with Crippen molar-refractivity contribution >= 4 is 41.9 Å². The van der Waals surface area contributed by atoms with Crippen LogP contribution in [-0.4, -0.2) is 68.2 Å². The first kappa shape index (κ1) is 23.9. The maximum Gasteiger partial charge on any atom is 0.324 e. The molecule has 9 heteroatoms. The summed E-state index contributed by atoms with van der Waals surface area (Å²) in [6.07, 6.45) is 2.39. The molecule has 0 saturated carbocycles. The van der Waals surface area contributed by atoms with Crippen LogP contribution in [0.3, 0.4) is 0 Å². The summed E-state index contributed by atoms with van der Waals surface area (Å²) >= 11 is 0. The Labute approximate surface area is 179 Å². The molecule has 0 aromatic rings. The molecule has 0 aromatic carbocycles. The Balaban J connectivity index is 0.00000364. The molecule has 2 fully saturated rings. The van der Waals surface area contributed by atoms with Crippen molar-refractivity contribution in [1.29, 1.82) is 0 Å². The van der Waals surface area contributed by atoms with E-state index in [1.54, 1.807) is 0 Å². The fourth-order valence-electron chi connectivity index (χ4n) is 3.51. The lowest BCUT2D eigenvalue weighted by Crippen LogP contribution is -2.44. The number of carbonyl (C=O) groups excluding carboxylic acids is 2. The molecule has 0 aliphatic carbocycles. The molecule has 3 N–H and O–H groups in total. The van der Waals surface area contributed by atoms with Crippen LogP contribution in [0.1, 0.15) is 40.5 Å². The van der Waals surface area contributed by atoms with Gasteiger partial charge in [0.05, 0.1) is 12.6 Å². The van der Waals surface area contributed by atoms with Gasteiger partial charge in [-0.25, -0.2) is 4.79 Å². The minimum Gasteiger partial charge on any atom is -0.377 e. The third-order valence-corrected chi connectivity index (χ3v) is 4.69. The number of nitrogens with zero attached hydrogens (tertiary/aromatic N) is 2. The van der Waals surface area contributed by atoms with Gasteiger partial charge in [0.1, 0.15) is 0 Å². The van der Waals surface area contributed by atoms with Crippen LogP contribution in [0, 0.1) is 11.3 Å². The zero-order valence-corrected chi connectivity index (χ0v) is 19.2. The molecule has 2 aliphatic rings. The molecule has 2 unspecified atom stereocenters. The van der Waals surface area contributed by atoms with Gasteiger partial charge in [0.2, 0.25) is 5.91 Å². The third kappa shape index (κ3) is 7.10. The number of ether oxygens (including phenoxy) is 1. The molecule has 27 heavy (non-hydrogen) atoms. The average molecular weight is 495 g/mol. The van der Waals surface area contributed by atoms with Crippen molar-refractivity contribution in [3.63, 3.8) is 0 Å². The molecule has 0 bridgehead atoms. The number of imide groups is 1. The van der Waals surface area contributed by atoms with E-state index < -0.39 is 0 Å². The number of nitrogens with one attached hydrogen (secondary N) is 3. The van der Waals surface area contributed by atoms with Gasteiger partial charge in [-0.15, -0.1) is 24.0 Å². The van der Waals surface area contributed by atoms with Crippen molar-refractivity contribution in [2.75, 3.05) is 39.3 Å². The van der Waals surface area contributed by atoms with Crippen molar-refractivity contribution in [3.05, 3.63) is 0 Å². The predicted octanol–water partition coefficient (Wildman–Crippen LogP) is 1.55. The number of rotatable bonds is 6. The number of halogens is 1. The quantitative estimate of drug-likeness (QED) is 0.225. The van der Waals surface area contributed by atoms with E-state index in [4.69, 9.17) is 9.73 Å². The summed E-state index contributed by atoms with van der Waals surface area (Å²) in [5, 5.41) is 8.94. The molecule has 0 spiro atoms. The van der Waals surface area contributed by atoms with Crippen LogP contribution in [0.4, 0.5) is 4.79 Å². The minimum absolute atomic E-state index is 0. The number of hydrogen-bond donors (Lipinski definition) is 3. The van der Waals surface area contributed by atoms with Crippen molar-refractivity contribution in [1.82, 2.24) is 20.9 Å². The first-order valence-electron chi connectivity index (χ1n) is 9.55. The van der Waals surface area contributed by atoms with E-state index in [0.717, 1.165) is 26.0 Å². The fraction of sp³-hybridized carbons (Fsp3) is 0.833. The number of hydrogen-bond acceptors (Lipinski definition) is 4. The van der Waals surface area contributed by atoms with Gasteiger partial charge >= 0.3 is 6.03 Å². The predicted molar refractivity (Wildman–Crippen MR) is 116 cm³/mol. The molecule has 156 valence electrons. The van der Waals surface area contributed by atoms with Crippen molar-refractivity contribution < 1.29 is 14.3 Å². The van der Waals surface area contributed by atoms with Crippen LogP contribution in [0.25, 0.3) is 0 Å². The van der Waals surface area contributed by atoms with E-state index in [9.17, 15) is 9.59 Å². The van der Waals surface area contributed by atoms with Crippen LogP contribution in [-0.2, 0) is 9.53 Å². The van der Waals surface area contributed by atoms with Gasteiger partial charge in [-0.05, 0) is 25.2 Å². The Hall–Kier alpha value is -1.10. The second-order valence-electron chi connectivity index (χ2n) is 7.91. The minimum atomic E-state index is -0.328. The Kier molecular flexibility index (Phi) is 9.78. The van der Waals surface area contributed by atoms with Gasteiger partial charge in [0.15, 0.2) is 5.96 Å². The molecule has 2 heterocycles. The first-order valence-corrected chi connectivity index (χ1v) is 9.55. The summed E-state index contributed by atoms with van der Waals surface area (Å²) in [7, 11) is 0. The van der Waals surface area contributed by atoms with E-state index in [0.29, 0.717) is 31.5 Å². The zero-order chi connectivity index (χ0) is 19.2. The molecule has 8 nitrogen and oxygen atoms in total. The van der Waals surface area contributed by atoms with E-state index in [1.807, 2.05) is 6.92 Å². The maximum absolute atomic E-state index is 11.6. The zero-order valence-electron chi connectivity index (χ0n) is 16.8. The van der Waals surface area contributed by atoms with Crippen LogP contribution >= 0.6 is 24.0 Å². The largest absolute Gasteiger partial charge is 0.377 e. The summed E-state index contributed by atoms with van der Waals surface area (Å²) in [4.78, 5) is 29.1. The number of amides is 3. The van der Waals surface area contributed by atoms with Gasteiger partial charge in [0, 0.05) is 38.7 Å². The lowest BCUT2D eigenvalue weighted by molar-refractivity contribution is -0.124. The highest BCUT2D eigenvalue weighted by atomic mass is 127. The molecular formula is C18H34IN5O3. The number of aliphatic imine (C=N–C) groups is 1. The van der Waals surface area contributed by atoms with Gasteiger partial charge in [-0.3, -0.25) is 14.7 Å². The highest BCUT2D eigenvalue weighted by Crippen LogP contribution is 2.34. The van der Waals surface area contributed by atoms with Crippen LogP contribution in [0.2, 0.25) is 0 Å². The second kappa shape index (κ2) is 11.0. The molecule has 3 amide bonds. The van der Waals surface area contributed by atoms with Crippen LogP contribution in [0.15, 0.2) is 4.99 Å². The van der Waals surface area contributed by atoms with Crippen molar-refractivity contribution in [3.8, 4) is 0 Å². The van der Waals surface area contributed by atoms with E-state index in [2.05, 4.69) is 36.7 Å². The van der Waals surface area contributed by atoms with Gasteiger partial charge in [-0.1, -0.05) is 20.8 Å². The molecular weight excluding hydrogens is 461 g/mol. The highest BCUT2D eigenvalue weighted by Gasteiger charge is 2.35. The van der Waals surface area contributed by atoms with E-state index in [-0.39, 0.29) is 54.0 Å². The topological polar surface area (TPSA) is 95.1 Å². The van der Waals surface area contributed by atoms with E-state index in [1.165, 1.54) is 4.90 Å². The van der Waals surface area contributed by atoms with Crippen molar-refractivity contribution in [2.24, 2.45) is 16.3 Å². The Morgan fingerprint density at radius 3 is 2.67 bits per heavy atom. The average Bonchev–Trinajstić information content (AvgIpc) is 2.91. The lowest BCUT2D eigenvalue weighted by atomic mass is 9.78. The molecule has 0 radical (unpaired) electrons. The first-order chi connectivity index (χ1) is 12.3. The summed E-state index contributed by atoms with van der Waals surface area (Å²) in [5.74, 6) is 0.911.